The highest BCUT2D eigenvalue weighted by Crippen LogP contribution is 2.17. The first-order valence-corrected chi connectivity index (χ1v) is 25.2. The summed E-state index contributed by atoms with van der Waals surface area (Å²) in [5.74, 6) is -0.635. The summed E-state index contributed by atoms with van der Waals surface area (Å²) in [6.45, 7) is 2.91. The van der Waals surface area contributed by atoms with Crippen molar-refractivity contribution in [3.05, 3.63) is 12.2 Å². The van der Waals surface area contributed by atoms with Gasteiger partial charge in [0.1, 0.15) is 0 Å². The Hall–Kier alpha value is -1.32. The fourth-order valence-electron chi connectivity index (χ4n) is 7.93. The molecule has 0 rings (SSSR count). The number of aliphatic carboxylic acids is 1. The van der Waals surface area contributed by atoms with Gasteiger partial charge in [-0.1, -0.05) is 250 Å². The van der Waals surface area contributed by atoms with Gasteiger partial charge in [-0.3, -0.25) is 9.59 Å². The molecular weight excluding hydrogens is 677 g/mol. The number of esters is 1. The minimum absolute atomic E-state index is 0.0195. The zero-order chi connectivity index (χ0) is 39.8. The van der Waals surface area contributed by atoms with Gasteiger partial charge < -0.3 is 9.84 Å². The summed E-state index contributed by atoms with van der Waals surface area (Å²) < 4.78 is 5.49. The van der Waals surface area contributed by atoms with Crippen molar-refractivity contribution in [2.75, 3.05) is 6.61 Å². The molecule has 0 aliphatic carbocycles. The highest BCUT2D eigenvalue weighted by molar-refractivity contribution is 5.69. The fourth-order valence-corrected chi connectivity index (χ4v) is 7.93. The third kappa shape index (κ3) is 50.7. The number of rotatable bonds is 48. The average molecular weight is 775 g/mol. The summed E-state index contributed by atoms with van der Waals surface area (Å²) in [6, 6.07) is 0. The molecule has 4 heteroatoms. The van der Waals surface area contributed by atoms with E-state index in [0.717, 1.165) is 25.7 Å². The monoisotopic (exact) mass is 775 g/mol. The summed E-state index contributed by atoms with van der Waals surface area (Å²) in [5.41, 5.74) is 0. The van der Waals surface area contributed by atoms with Gasteiger partial charge in [0.2, 0.25) is 0 Å². The summed E-state index contributed by atoms with van der Waals surface area (Å²) in [5, 5.41) is 8.66. The van der Waals surface area contributed by atoms with Crippen LogP contribution >= 0.6 is 0 Å². The summed E-state index contributed by atoms with van der Waals surface area (Å²) >= 11 is 0. The lowest BCUT2D eigenvalue weighted by molar-refractivity contribution is -0.144. The molecule has 0 amide bonds. The van der Waals surface area contributed by atoms with Crippen LogP contribution < -0.4 is 0 Å². The zero-order valence-corrected chi connectivity index (χ0v) is 37.4. The lowest BCUT2D eigenvalue weighted by atomic mass is 10.0. The SMILES string of the molecule is CCCCCCCCC=CCCCCCCCCCCCC(=O)OCCCCCCCCCCCCCCCCCCCCCCCCCCCCC(=O)O. The molecule has 1 N–H and O–H groups in total. The van der Waals surface area contributed by atoms with Crippen molar-refractivity contribution in [2.45, 2.75) is 296 Å². The van der Waals surface area contributed by atoms with Crippen LogP contribution in [0.2, 0.25) is 0 Å². The predicted octanol–water partition coefficient (Wildman–Crippen LogP) is 17.7. The van der Waals surface area contributed by atoms with Gasteiger partial charge >= 0.3 is 11.9 Å². The Kier molecular flexibility index (Phi) is 47.7. The number of hydrogen-bond acceptors (Lipinski definition) is 3. The topological polar surface area (TPSA) is 63.6 Å². The molecule has 55 heavy (non-hydrogen) atoms. The van der Waals surface area contributed by atoms with E-state index in [2.05, 4.69) is 19.1 Å². The maximum Gasteiger partial charge on any atom is 0.305 e. The molecule has 0 unspecified atom stereocenters. The molecule has 0 radical (unpaired) electrons. The van der Waals surface area contributed by atoms with Gasteiger partial charge in [0.25, 0.3) is 0 Å². The number of carboxylic acids is 1. The van der Waals surface area contributed by atoms with Crippen LogP contribution in [0.4, 0.5) is 0 Å². The maximum atomic E-state index is 12.0. The molecule has 0 saturated carbocycles. The van der Waals surface area contributed by atoms with Gasteiger partial charge in [0, 0.05) is 12.8 Å². The van der Waals surface area contributed by atoms with E-state index in [0.29, 0.717) is 19.4 Å². The standard InChI is InChI=1S/C51H98O4/c1-2-3-4-5-6-7-8-9-10-11-20-24-27-30-33-36-39-42-45-48-51(54)55-49-46-43-40-37-34-31-28-25-22-19-17-15-13-12-14-16-18-21-23-26-29-32-35-38-41-44-47-50(52)53/h9-10H,2-8,11-49H2,1H3,(H,52,53). The van der Waals surface area contributed by atoms with E-state index in [1.54, 1.807) is 0 Å². The molecule has 0 fully saturated rings. The van der Waals surface area contributed by atoms with Gasteiger partial charge in [-0.15, -0.1) is 0 Å². The van der Waals surface area contributed by atoms with Crippen molar-refractivity contribution in [3.63, 3.8) is 0 Å². The summed E-state index contributed by atoms with van der Waals surface area (Å²) in [7, 11) is 0. The van der Waals surface area contributed by atoms with Crippen LogP contribution in [0.5, 0.6) is 0 Å². The first kappa shape index (κ1) is 53.7. The van der Waals surface area contributed by atoms with Gasteiger partial charge in [-0.2, -0.15) is 0 Å². The summed E-state index contributed by atoms with van der Waals surface area (Å²) in [6.07, 6.45) is 62.9. The lowest BCUT2D eigenvalue weighted by Gasteiger charge is -2.06. The van der Waals surface area contributed by atoms with Crippen LogP contribution in [0.1, 0.15) is 296 Å². The van der Waals surface area contributed by atoms with E-state index in [1.165, 1.54) is 250 Å². The lowest BCUT2D eigenvalue weighted by Crippen LogP contribution is -2.05. The predicted molar refractivity (Wildman–Crippen MR) is 241 cm³/mol. The summed E-state index contributed by atoms with van der Waals surface area (Å²) in [4.78, 5) is 22.6. The van der Waals surface area contributed by atoms with Crippen LogP contribution in [0, 0.1) is 0 Å². The number of carbonyl (C=O) groups is 2. The van der Waals surface area contributed by atoms with E-state index in [1.807, 2.05) is 0 Å². The molecule has 0 aromatic heterocycles. The number of carbonyl (C=O) groups excluding carboxylic acids is 1. The normalized spacial score (nSPS) is 11.6. The minimum Gasteiger partial charge on any atom is -0.481 e. The zero-order valence-electron chi connectivity index (χ0n) is 37.4. The molecule has 0 aromatic carbocycles. The first-order valence-electron chi connectivity index (χ1n) is 25.2. The number of carboxylic acid groups (broad SMARTS) is 1. The number of hydrogen-bond donors (Lipinski definition) is 1. The van der Waals surface area contributed by atoms with Crippen LogP contribution in [0.3, 0.4) is 0 Å². The van der Waals surface area contributed by atoms with E-state index >= 15 is 0 Å². The van der Waals surface area contributed by atoms with Crippen molar-refractivity contribution in [3.8, 4) is 0 Å². The molecule has 0 aliphatic rings. The molecule has 0 atom stereocenters. The molecule has 0 saturated heterocycles. The minimum atomic E-state index is -0.654. The van der Waals surface area contributed by atoms with Gasteiger partial charge in [0.15, 0.2) is 0 Å². The second-order valence-corrected chi connectivity index (χ2v) is 17.3. The van der Waals surface area contributed by atoms with E-state index < -0.39 is 5.97 Å². The van der Waals surface area contributed by atoms with Crippen LogP contribution in [-0.2, 0) is 14.3 Å². The molecule has 0 aliphatic heterocycles. The van der Waals surface area contributed by atoms with Gasteiger partial charge in [0.05, 0.1) is 6.61 Å². The Bertz CT molecular complexity index is 777. The Morgan fingerprint density at radius 3 is 0.909 bits per heavy atom. The third-order valence-corrected chi connectivity index (χ3v) is 11.7. The van der Waals surface area contributed by atoms with Crippen molar-refractivity contribution >= 4 is 11.9 Å². The Morgan fingerprint density at radius 2 is 0.600 bits per heavy atom. The molecule has 0 heterocycles. The largest absolute Gasteiger partial charge is 0.481 e. The molecular formula is C51H98O4. The first-order chi connectivity index (χ1) is 27.2. The Morgan fingerprint density at radius 1 is 0.345 bits per heavy atom. The second-order valence-electron chi connectivity index (χ2n) is 17.3. The van der Waals surface area contributed by atoms with Gasteiger partial charge in [-0.05, 0) is 44.9 Å². The second kappa shape index (κ2) is 48.8. The quantitative estimate of drug-likeness (QED) is 0.0380. The van der Waals surface area contributed by atoms with Crippen molar-refractivity contribution in [2.24, 2.45) is 0 Å². The number of unbranched alkanes of at least 4 members (excludes halogenated alkanes) is 40. The van der Waals surface area contributed by atoms with Crippen molar-refractivity contribution in [1.82, 2.24) is 0 Å². The van der Waals surface area contributed by atoms with E-state index in [4.69, 9.17) is 9.84 Å². The Balaban J connectivity index is 3.16. The van der Waals surface area contributed by atoms with Crippen LogP contribution in [0.25, 0.3) is 0 Å². The highest BCUT2D eigenvalue weighted by Gasteiger charge is 2.03. The van der Waals surface area contributed by atoms with Crippen LogP contribution in [0.15, 0.2) is 12.2 Å². The molecule has 0 bridgehead atoms. The van der Waals surface area contributed by atoms with Gasteiger partial charge in [-0.25, -0.2) is 0 Å². The van der Waals surface area contributed by atoms with Crippen molar-refractivity contribution in [1.29, 1.82) is 0 Å². The highest BCUT2D eigenvalue weighted by atomic mass is 16.5. The van der Waals surface area contributed by atoms with Crippen LogP contribution in [-0.4, -0.2) is 23.7 Å². The fraction of sp³-hybridized carbons (Fsp3) is 0.922. The molecule has 0 aromatic rings. The molecule has 326 valence electrons. The Labute approximate surface area is 345 Å². The van der Waals surface area contributed by atoms with E-state index in [9.17, 15) is 9.59 Å². The number of allylic oxidation sites excluding steroid dienone is 2. The number of ether oxygens (including phenoxy) is 1. The van der Waals surface area contributed by atoms with E-state index in [-0.39, 0.29) is 5.97 Å². The maximum absolute atomic E-state index is 12.0. The average Bonchev–Trinajstić information content (AvgIpc) is 3.18. The third-order valence-electron chi connectivity index (χ3n) is 11.7. The smallest absolute Gasteiger partial charge is 0.305 e. The van der Waals surface area contributed by atoms with Crippen molar-refractivity contribution < 1.29 is 19.4 Å². The molecule has 4 nitrogen and oxygen atoms in total. The molecule has 0 spiro atoms.